The average molecular weight is 300 g/mol. The van der Waals surface area contributed by atoms with Crippen LogP contribution in [0.5, 0.6) is 0 Å². The molecular formula is C13H18ClN3OS. The average Bonchev–Trinajstić information content (AvgIpc) is 2.46. The molecule has 2 rings (SSSR count). The van der Waals surface area contributed by atoms with Crippen LogP contribution >= 0.6 is 23.4 Å². The third kappa shape index (κ3) is 3.83. The fourth-order valence-electron chi connectivity index (χ4n) is 2.41. The lowest BCUT2D eigenvalue weighted by atomic mass is 9.88. The standard InChI is InChI=1S/C13H18ClN3OS/c1-19-13(5-3-2-4-6-13)9-17-12(18)10-7-16-11(14)8-15-10/h7-8H,2-6,9H2,1H3,(H,17,18). The second-order valence-corrected chi connectivity index (χ2v) is 6.52. The van der Waals surface area contributed by atoms with Gasteiger partial charge < -0.3 is 5.32 Å². The van der Waals surface area contributed by atoms with Crippen molar-refractivity contribution in [2.45, 2.75) is 36.9 Å². The van der Waals surface area contributed by atoms with E-state index in [-0.39, 0.29) is 10.7 Å². The summed E-state index contributed by atoms with van der Waals surface area (Å²) in [5.74, 6) is -0.178. The van der Waals surface area contributed by atoms with Crippen molar-refractivity contribution in [2.75, 3.05) is 12.8 Å². The maximum atomic E-state index is 12.0. The van der Waals surface area contributed by atoms with Gasteiger partial charge in [0, 0.05) is 11.3 Å². The van der Waals surface area contributed by atoms with Gasteiger partial charge in [-0.05, 0) is 19.1 Å². The Kier molecular flexibility index (Phi) is 5.05. The van der Waals surface area contributed by atoms with Crippen molar-refractivity contribution in [1.82, 2.24) is 15.3 Å². The smallest absolute Gasteiger partial charge is 0.271 e. The summed E-state index contributed by atoms with van der Waals surface area (Å²) in [4.78, 5) is 19.8. The van der Waals surface area contributed by atoms with Crippen molar-refractivity contribution in [3.63, 3.8) is 0 Å². The van der Waals surface area contributed by atoms with E-state index >= 15 is 0 Å². The number of hydrogen-bond acceptors (Lipinski definition) is 4. The summed E-state index contributed by atoms with van der Waals surface area (Å²) in [5, 5.41) is 3.27. The van der Waals surface area contributed by atoms with Crippen molar-refractivity contribution >= 4 is 29.3 Å². The van der Waals surface area contributed by atoms with E-state index in [9.17, 15) is 4.79 Å². The molecule has 0 radical (unpaired) electrons. The van der Waals surface area contributed by atoms with Crippen LogP contribution in [-0.4, -0.2) is 33.4 Å². The van der Waals surface area contributed by atoms with Gasteiger partial charge in [-0.2, -0.15) is 11.8 Å². The molecule has 104 valence electrons. The quantitative estimate of drug-likeness (QED) is 0.929. The first-order valence-corrected chi connectivity index (χ1v) is 8.06. The van der Waals surface area contributed by atoms with E-state index < -0.39 is 0 Å². The lowest BCUT2D eigenvalue weighted by molar-refractivity contribution is 0.0941. The Morgan fingerprint density at radius 3 is 2.68 bits per heavy atom. The largest absolute Gasteiger partial charge is 0.349 e. The van der Waals surface area contributed by atoms with Gasteiger partial charge in [0.05, 0.1) is 12.4 Å². The summed E-state index contributed by atoms with van der Waals surface area (Å²) in [5.41, 5.74) is 0.316. The number of nitrogens with one attached hydrogen (secondary N) is 1. The van der Waals surface area contributed by atoms with Crippen LogP contribution in [0.15, 0.2) is 12.4 Å². The molecule has 1 amide bonds. The first kappa shape index (κ1) is 14.6. The van der Waals surface area contributed by atoms with Gasteiger partial charge in [0.1, 0.15) is 10.8 Å². The van der Waals surface area contributed by atoms with E-state index in [4.69, 9.17) is 11.6 Å². The molecule has 1 heterocycles. The zero-order valence-electron chi connectivity index (χ0n) is 11.0. The Balaban J connectivity index is 1.93. The molecule has 0 aromatic carbocycles. The maximum absolute atomic E-state index is 12.0. The van der Waals surface area contributed by atoms with Gasteiger partial charge in [-0.3, -0.25) is 4.79 Å². The molecule has 0 bridgehead atoms. The lowest BCUT2D eigenvalue weighted by Gasteiger charge is -2.35. The number of halogens is 1. The molecule has 0 saturated heterocycles. The normalized spacial score (nSPS) is 18.0. The topological polar surface area (TPSA) is 54.9 Å². The van der Waals surface area contributed by atoms with Crippen molar-refractivity contribution in [3.8, 4) is 0 Å². The minimum absolute atomic E-state index is 0.178. The molecule has 1 fully saturated rings. The van der Waals surface area contributed by atoms with E-state index in [1.807, 2.05) is 11.8 Å². The van der Waals surface area contributed by atoms with Gasteiger partial charge in [0.25, 0.3) is 5.91 Å². The molecule has 0 atom stereocenters. The van der Waals surface area contributed by atoms with Crippen LogP contribution < -0.4 is 5.32 Å². The first-order valence-electron chi connectivity index (χ1n) is 6.46. The van der Waals surface area contributed by atoms with E-state index in [1.165, 1.54) is 44.5 Å². The van der Waals surface area contributed by atoms with Gasteiger partial charge in [-0.25, -0.2) is 9.97 Å². The molecule has 0 unspecified atom stereocenters. The third-order valence-corrected chi connectivity index (χ3v) is 5.24. The number of nitrogens with zero attached hydrogens (tertiary/aromatic N) is 2. The van der Waals surface area contributed by atoms with E-state index in [2.05, 4.69) is 21.5 Å². The molecule has 1 aliphatic carbocycles. The predicted molar refractivity (Wildman–Crippen MR) is 78.7 cm³/mol. The third-order valence-electron chi connectivity index (χ3n) is 3.62. The lowest BCUT2D eigenvalue weighted by Crippen LogP contribution is -2.42. The molecule has 1 saturated carbocycles. The predicted octanol–water partition coefficient (Wildman–Crippen LogP) is 2.93. The van der Waals surface area contributed by atoms with E-state index in [0.29, 0.717) is 17.4 Å². The van der Waals surface area contributed by atoms with Crippen LogP contribution in [0, 0.1) is 0 Å². The first-order chi connectivity index (χ1) is 9.15. The van der Waals surface area contributed by atoms with Crippen molar-refractivity contribution < 1.29 is 4.79 Å². The molecule has 1 aromatic heterocycles. The summed E-state index contributed by atoms with van der Waals surface area (Å²) in [6.07, 6.45) is 11.1. The molecule has 1 N–H and O–H groups in total. The summed E-state index contributed by atoms with van der Waals surface area (Å²) >= 11 is 7.51. The number of rotatable bonds is 4. The molecular weight excluding hydrogens is 282 g/mol. The Morgan fingerprint density at radius 1 is 1.37 bits per heavy atom. The monoisotopic (exact) mass is 299 g/mol. The Labute approximate surface area is 122 Å². The van der Waals surface area contributed by atoms with Crippen LogP contribution in [0.1, 0.15) is 42.6 Å². The molecule has 6 heteroatoms. The van der Waals surface area contributed by atoms with Gasteiger partial charge in [-0.1, -0.05) is 30.9 Å². The number of carbonyl (C=O) groups excluding carboxylic acids is 1. The maximum Gasteiger partial charge on any atom is 0.271 e. The number of carbonyl (C=O) groups is 1. The Bertz CT molecular complexity index is 432. The highest BCUT2D eigenvalue weighted by Gasteiger charge is 2.31. The van der Waals surface area contributed by atoms with E-state index in [0.717, 1.165) is 0 Å². The van der Waals surface area contributed by atoms with Crippen LogP contribution in [0.3, 0.4) is 0 Å². The molecule has 0 aliphatic heterocycles. The summed E-state index contributed by atoms with van der Waals surface area (Å²) in [6.45, 7) is 0.692. The SMILES string of the molecule is CSC1(CNC(=O)c2cnc(Cl)cn2)CCCCC1. The van der Waals surface area contributed by atoms with Gasteiger partial charge in [-0.15, -0.1) is 0 Å². The highest BCUT2D eigenvalue weighted by molar-refractivity contribution is 8.00. The van der Waals surface area contributed by atoms with Gasteiger partial charge >= 0.3 is 0 Å². The Morgan fingerprint density at radius 2 is 2.11 bits per heavy atom. The number of amides is 1. The minimum Gasteiger partial charge on any atom is -0.349 e. The van der Waals surface area contributed by atoms with Crippen LogP contribution in [0.25, 0.3) is 0 Å². The zero-order valence-corrected chi connectivity index (χ0v) is 12.6. The fraction of sp³-hybridized carbons (Fsp3) is 0.615. The molecule has 1 aliphatic rings. The number of thioether (sulfide) groups is 1. The van der Waals surface area contributed by atoms with Crippen LogP contribution in [0.4, 0.5) is 0 Å². The van der Waals surface area contributed by atoms with Gasteiger partial charge in [0.15, 0.2) is 0 Å². The van der Waals surface area contributed by atoms with Crippen molar-refractivity contribution in [1.29, 1.82) is 0 Å². The molecule has 1 aromatic rings. The van der Waals surface area contributed by atoms with Crippen molar-refractivity contribution in [2.24, 2.45) is 0 Å². The molecule has 0 spiro atoms. The second-order valence-electron chi connectivity index (χ2n) is 4.85. The highest BCUT2D eigenvalue weighted by Crippen LogP contribution is 2.37. The molecule has 19 heavy (non-hydrogen) atoms. The molecule has 4 nitrogen and oxygen atoms in total. The van der Waals surface area contributed by atoms with E-state index in [1.54, 1.807) is 0 Å². The summed E-state index contributed by atoms with van der Waals surface area (Å²) in [7, 11) is 0. The van der Waals surface area contributed by atoms with Crippen LogP contribution in [0.2, 0.25) is 5.15 Å². The fourth-order valence-corrected chi connectivity index (χ4v) is 3.42. The highest BCUT2D eigenvalue weighted by atomic mass is 35.5. The number of hydrogen-bond donors (Lipinski definition) is 1. The van der Waals surface area contributed by atoms with Crippen LogP contribution in [-0.2, 0) is 0 Å². The minimum atomic E-state index is -0.178. The summed E-state index contributed by atoms with van der Waals surface area (Å²) in [6, 6.07) is 0. The number of aromatic nitrogens is 2. The van der Waals surface area contributed by atoms with Crippen molar-refractivity contribution in [3.05, 3.63) is 23.2 Å². The Hall–Kier alpha value is -0.810. The summed E-state index contributed by atoms with van der Waals surface area (Å²) < 4.78 is 0.188. The zero-order chi connectivity index (χ0) is 13.7. The van der Waals surface area contributed by atoms with Gasteiger partial charge in [0.2, 0.25) is 0 Å². The second kappa shape index (κ2) is 6.57.